The van der Waals surface area contributed by atoms with Crippen molar-refractivity contribution in [3.8, 4) is 17.2 Å². The van der Waals surface area contributed by atoms with E-state index in [0.29, 0.717) is 16.5 Å². The normalized spacial score (nSPS) is 19.2. The number of rotatable bonds is 4. The molecule has 0 aromatic heterocycles. The Balaban J connectivity index is 1.58. The monoisotopic (exact) mass is 434 g/mol. The van der Waals surface area contributed by atoms with E-state index in [2.05, 4.69) is 36.2 Å². The smallest absolute Gasteiger partial charge is 0.213 e. The molecule has 2 unspecified atom stereocenters. The summed E-state index contributed by atoms with van der Waals surface area (Å²) in [6, 6.07) is 20.1. The first-order chi connectivity index (χ1) is 15.1. The average Bonchev–Trinajstić information content (AvgIpc) is 3.24. The van der Waals surface area contributed by atoms with Gasteiger partial charge in [-0.25, -0.2) is 5.01 Å². The van der Waals surface area contributed by atoms with Gasteiger partial charge in [-0.2, -0.15) is 5.10 Å². The largest absolute Gasteiger partial charge is 0.493 e. The Morgan fingerprint density at radius 2 is 1.74 bits per heavy atom. The van der Waals surface area contributed by atoms with Gasteiger partial charge in [0.15, 0.2) is 11.5 Å². The molecule has 0 N–H and O–H groups in total. The van der Waals surface area contributed by atoms with Gasteiger partial charge in [0.25, 0.3) is 0 Å². The lowest BCUT2D eigenvalue weighted by Gasteiger charge is -2.38. The van der Waals surface area contributed by atoms with Crippen molar-refractivity contribution in [2.24, 2.45) is 5.10 Å². The molecule has 0 saturated carbocycles. The minimum atomic E-state index is -0.308. The Morgan fingerprint density at radius 1 is 0.968 bits per heavy atom. The van der Waals surface area contributed by atoms with Crippen LogP contribution >= 0.6 is 11.6 Å². The molecule has 0 saturated heterocycles. The lowest BCUT2D eigenvalue weighted by molar-refractivity contribution is -0.0190. The SMILES string of the molecule is COc1ccc(C2=NN3C(C2)c2cc(Cl)ccc2OC3c2ccc(C)cc2)cc1OC. The van der Waals surface area contributed by atoms with E-state index in [1.165, 1.54) is 5.56 Å². The topological polar surface area (TPSA) is 43.3 Å². The third-order valence-corrected chi connectivity index (χ3v) is 6.07. The number of methoxy groups -OCH3 is 2. The summed E-state index contributed by atoms with van der Waals surface area (Å²) in [6.07, 6.45) is 0.436. The minimum Gasteiger partial charge on any atom is -0.493 e. The van der Waals surface area contributed by atoms with Gasteiger partial charge in [-0.15, -0.1) is 0 Å². The fraction of sp³-hybridized carbons (Fsp3) is 0.240. The highest BCUT2D eigenvalue weighted by atomic mass is 35.5. The van der Waals surface area contributed by atoms with E-state index in [9.17, 15) is 0 Å². The van der Waals surface area contributed by atoms with Crippen LogP contribution in [-0.4, -0.2) is 24.9 Å². The first kappa shape index (κ1) is 19.8. The molecule has 6 heteroatoms. The van der Waals surface area contributed by atoms with Crippen molar-refractivity contribution in [2.45, 2.75) is 25.6 Å². The summed E-state index contributed by atoms with van der Waals surface area (Å²) in [5, 5.41) is 7.75. The Hall–Kier alpha value is -3.18. The average molecular weight is 435 g/mol. The molecule has 0 aliphatic carbocycles. The van der Waals surface area contributed by atoms with E-state index in [1.807, 2.05) is 36.4 Å². The highest BCUT2D eigenvalue weighted by Gasteiger charge is 2.41. The zero-order valence-corrected chi connectivity index (χ0v) is 18.4. The number of ether oxygens (including phenoxy) is 3. The van der Waals surface area contributed by atoms with E-state index in [4.69, 9.17) is 30.9 Å². The molecule has 31 heavy (non-hydrogen) atoms. The molecule has 2 atom stereocenters. The highest BCUT2D eigenvalue weighted by molar-refractivity contribution is 6.30. The van der Waals surface area contributed by atoms with Crippen LogP contribution in [0, 0.1) is 6.92 Å². The number of hydrogen-bond donors (Lipinski definition) is 0. The molecule has 5 nitrogen and oxygen atoms in total. The lowest BCUT2D eigenvalue weighted by atomic mass is 9.95. The maximum absolute atomic E-state index is 6.41. The van der Waals surface area contributed by atoms with Crippen LogP contribution < -0.4 is 14.2 Å². The molecule has 0 spiro atoms. The summed E-state index contributed by atoms with van der Waals surface area (Å²) in [7, 11) is 3.27. The van der Waals surface area contributed by atoms with Gasteiger partial charge < -0.3 is 14.2 Å². The van der Waals surface area contributed by atoms with Crippen molar-refractivity contribution < 1.29 is 14.2 Å². The van der Waals surface area contributed by atoms with E-state index < -0.39 is 0 Å². The Labute approximate surface area is 186 Å². The summed E-state index contributed by atoms with van der Waals surface area (Å²) in [6.45, 7) is 2.08. The predicted octanol–water partition coefficient (Wildman–Crippen LogP) is 5.91. The number of benzene rings is 3. The molecular formula is C25H23ClN2O3. The van der Waals surface area contributed by atoms with Crippen molar-refractivity contribution in [3.05, 3.63) is 87.9 Å². The molecule has 0 bridgehead atoms. The number of hydrazone groups is 1. The second-order valence-corrected chi connectivity index (χ2v) is 8.22. The van der Waals surface area contributed by atoms with Gasteiger partial charge in [0.1, 0.15) is 5.75 Å². The molecule has 158 valence electrons. The van der Waals surface area contributed by atoms with Crippen molar-refractivity contribution in [2.75, 3.05) is 14.2 Å². The van der Waals surface area contributed by atoms with Gasteiger partial charge in [0.05, 0.1) is 26.0 Å². The van der Waals surface area contributed by atoms with Crippen LogP contribution in [0.5, 0.6) is 17.2 Å². The van der Waals surface area contributed by atoms with Crippen molar-refractivity contribution >= 4 is 17.3 Å². The van der Waals surface area contributed by atoms with Gasteiger partial charge in [-0.3, -0.25) is 0 Å². The van der Waals surface area contributed by atoms with Crippen molar-refractivity contribution in [1.82, 2.24) is 5.01 Å². The van der Waals surface area contributed by atoms with E-state index in [1.54, 1.807) is 14.2 Å². The summed E-state index contributed by atoms with van der Waals surface area (Å²) < 4.78 is 17.3. The minimum absolute atomic E-state index is 0.0387. The molecule has 2 aliphatic heterocycles. The van der Waals surface area contributed by atoms with Crippen LogP contribution in [0.3, 0.4) is 0 Å². The molecule has 5 rings (SSSR count). The molecular weight excluding hydrogens is 412 g/mol. The van der Waals surface area contributed by atoms with Crippen LogP contribution in [0.4, 0.5) is 0 Å². The van der Waals surface area contributed by atoms with E-state index >= 15 is 0 Å². The number of nitrogens with zero attached hydrogens (tertiary/aromatic N) is 2. The maximum Gasteiger partial charge on any atom is 0.213 e. The van der Waals surface area contributed by atoms with Gasteiger partial charge in [-0.05, 0) is 43.3 Å². The van der Waals surface area contributed by atoms with Crippen LogP contribution in [0.25, 0.3) is 0 Å². The molecule has 0 radical (unpaired) electrons. The van der Waals surface area contributed by atoms with Gasteiger partial charge >= 0.3 is 0 Å². The number of fused-ring (bicyclic) bond motifs is 3. The maximum atomic E-state index is 6.41. The quantitative estimate of drug-likeness (QED) is 0.512. The van der Waals surface area contributed by atoms with E-state index in [-0.39, 0.29) is 12.3 Å². The van der Waals surface area contributed by atoms with Gasteiger partial charge in [0, 0.05) is 28.1 Å². The number of aryl methyl sites for hydroxylation is 1. The zero-order valence-electron chi connectivity index (χ0n) is 17.6. The van der Waals surface area contributed by atoms with Crippen molar-refractivity contribution in [1.29, 1.82) is 0 Å². The Bertz CT molecular complexity index is 1160. The van der Waals surface area contributed by atoms with Crippen LogP contribution in [-0.2, 0) is 0 Å². The molecule has 0 amide bonds. The third kappa shape index (κ3) is 3.49. The first-order valence-electron chi connectivity index (χ1n) is 10.2. The first-order valence-corrected chi connectivity index (χ1v) is 10.6. The van der Waals surface area contributed by atoms with Gasteiger partial charge in [0.2, 0.25) is 6.23 Å². The van der Waals surface area contributed by atoms with Crippen molar-refractivity contribution in [3.63, 3.8) is 0 Å². The summed E-state index contributed by atoms with van der Waals surface area (Å²) in [5.41, 5.74) is 5.29. The standard InChI is InChI=1S/C25H23ClN2O3/c1-15-4-6-16(7-5-15)25-28-21(19-13-18(26)9-11-22(19)31-25)14-20(27-28)17-8-10-23(29-2)24(12-17)30-3/h4-13,21,25H,14H2,1-3H3. The second-order valence-electron chi connectivity index (χ2n) is 7.78. The summed E-state index contributed by atoms with van der Waals surface area (Å²) in [5.74, 6) is 2.22. The third-order valence-electron chi connectivity index (χ3n) is 5.83. The zero-order chi connectivity index (χ0) is 21.5. The highest BCUT2D eigenvalue weighted by Crippen LogP contribution is 2.48. The predicted molar refractivity (Wildman–Crippen MR) is 121 cm³/mol. The molecule has 2 heterocycles. The molecule has 3 aromatic carbocycles. The van der Waals surface area contributed by atoms with E-state index in [0.717, 1.165) is 34.6 Å². The molecule has 2 aliphatic rings. The fourth-order valence-corrected chi connectivity index (χ4v) is 4.38. The number of hydrogen-bond acceptors (Lipinski definition) is 5. The Morgan fingerprint density at radius 3 is 2.48 bits per heavy atom. The van der Waals surface area contributed by atoms with Crippen LogP contribution in [0.1, 0.15) is 40.9 Å². The Kier molecular flexibility index (Phi) is 4.98. The summed E-state index contributed by atoms with van der Waals surface area (Å²) >= 11 is 6.32. The summed E-state index contributed by atoms with van der Waals surface area (Å²) in [4.78, 5) is 0. The number of halogens is 1. The molecule has 3 aromatic rings. The lowest BCUT2D eigenvalue weighted by Crippen LogP contribution is -2.33. The second kappa shape index (κ2) is 7.82. The van der Waals surface area contributed by atoms with Crippen LogP contribution in [0.2, 0.25) is 5.02 Å². The van der Waals surface area contributed by atoms with Crippen LogP contribution in [0.15, 0.2) is 65.8 Å². The van der Waals surface area contributed by atoms with Gasteiger partial charge in [-0.1, -0.05) is 41.4 Å². The fourth-order valence-electron chi connectivity index (χ4n) is 4.20. The molecule has 0 fully saturated rings.